The molecule has 0 saturated heterocycles. The molecule has 0 aliphatic heterocycles. The van der Waals surface area contributed by atoms with Gasteiger partial charge in [-0.1, -0.05) is 12.1 Å². The lowest BCUT2D eigenvalue weighted by Crippen LogP contribution is -2.41. The van der Waals surface area contributed by atoms with E-state index < -0.39 is 41.2 Å². The molecular weight excluding hydrogens is 469 g/mol. The minimum atomic E-state index is -4.95. The first kappa shape index (κ1) is 27.6. The van der Waals surface area contributed by atoms with Crippen LogP contribution in [0.4, 0.5) is 30.7 Å². The molecule has 11 heteroatoms. The number of methoxy groups -OCH3 is 1. The topological polar surface area (TPSA) is 32.8 Å². The van der Waals surface area contributed by atoms with Crippen molar-refractivity contribution >= 4 is 5.91 Å². The predicted octanol–water partition coefficient (Wildman–Crippen LogP) is 5.18. The Hall–Kier alpha value is -2.66. The Morgan fingerprint density at radius 1 is 0.912 bits per heavy atom. The summed E-state index contributed by atoms with van der Waals surface area (Å²) in [7, 11) is 4.54. The van der Waals surface area contributed by atoms with Crippen LogP contribution in [0.3, 0.4) is 0 Å². The van der Waals surface area contributed by atoms with Crippen LogP contribution in [0, 0.1) is 5.82 Å². The molecule has 0 fully saturated rings. The Kier molecular flexibility index (Phi) is 9.07. The summed E-state index contributed by atoms with van der Waals surface area (Å²) in [4.78, 5) is 16.1. The average Bonchev–Trinajstić information content (AvgIpc) is 2.76. The Balaban J connectivity index is 2.26. The van der Waals surface area contributed by atoms with Crippen LogP contribution in [0.1, 0.15) is 28.3 Å². The second-order valence-corrected chi connectivity index (χ2v) is 7.85. The zero-order valence-corrected chi connectivity index (χ0v) is 18.8. The fourth-order valence-electron chi connectivity index (χ4n) is 3.37. The molecule has 0 heterocycles. The SMILES string of the molecule is COCCN(C)C(C(=O)N(C)CCc1cc(C(F)(F)F)cc(C(F)(F)F)c1)c1ccc(F)cc1. The minimum Gasteiger partial charge on any atom is -0.383 e. The molecule has 188 valence electrons. The van der Waals surface area contributed by atoms with E-state index in [4.69, 9.17) is 4.74 Å². The van der Waals surface area contributed by atoms with Gasteiger partial charge in [-0.05, 0) is 54.9 Å². The Bertz CT molecular complexity index is 927. The van der Waals surface area contributed by atoms with E-state index in [0.717, 1.165) is 0 Å². The van der Waals surface area contributed by atoms with E-state index in [9.17, 15) is 35.5 Å². The number of ether oxygens (including phenoxy) is 1. The van der Waals surface area contributed by atoms with E-state index in [-0.39, 0.29) is 24.6 Å². The smallest absolute Gasteiger partial charge is 0.383 e. The molecule has 4 nitrogen and oxygen atoms in total. The van der Waals surface area contributed by atoms with Gasteiger partial charge >= 0.3 is 12.4 Å². The molecule has 0 radical (unpaired) electrons. The van der Waals surface area contributed by atoms with Crippen molar-refractivity contribution in [2.75, 3.05) is 40.9 Å². The van der Waals surface area contributed by atoms with E-state index in [1.54, 1.807) is 11.9 Å². The molecule has 0 spiro atoms. The monoisotopic (exact) mass is 494 g/mol. The number of nitrogens with zero attached hydrogens (tertiary/aromatic N) is 2. The Morgan fingerprint density at radius 3 is 1.91 bits per heavy atom. The van der Waals surface area contributed by atoms with Crippen LogP contribution in [0.2, 0.25) is 0 Å². The lowest BCUT2D eigenvalue weighted by molar-refractivity contribution is -0.143. The van der Waals surface area contributed by atoms with Crippen molar-refractivity contribution in [3.8, 4) is 0 Å². The molecule has 1 unspecified atom stereocenters. The van der Waals surface area contributed by atoms with Gasteiger partial charge in [0.1, 0.15) is 11.9 Å². The third-order valence-corrected chi connectivity index (χ3v) is 5.27. The highest BCUT2D eigenvalue weighted by Crippen LogP contribution is 2.36. The first-order chi connectivity index (χ1) is 15.7. The normalized spacial score (nSPS) is 13.3. The number of hydrogen-bond acceptors (Lipinski definition) is 3. The Morgan fingerprint density at radius 2 is 1.44 bits per heavy atom. The minimum absolute atomic E-state index is 0.0632. The van der Waals surface area contributed by atoms with Gasteiger partial charge in [-0.15, -0.1) is 0 Å². The molecule has 2 aromatic carbocycles. The van der Waals surface area contributed by atoms with E-state index >= 15 is 0 Å². The summed E-state index contributed by atoms with van der Waals surface area (Å²) < 4.78 is 97.0. The highest BCUT2D eigenvalue weighted by Gasteiger charge is 2.37. The van der Waals surface area contributed by atoms with Gasteiger partial charge in [0.25, 0.3) is 0 Å². The summed E-state index contributed by atoms with van der Waals surface area (Å²) in [5.41, 5.74) is -2.53. The fourth-order valence-corrected chi connectivity index (χ4v) is 3.37. The van der Waals surface area contributed by atoms with E-state index in [0.29, 0.717) is 30.8 Å². The van der Waals surface area contributed by atoms with Gasteiger partial charge in [0.05, 0.1) is 17.7 Å². The number of halogens is 7. The molecule has 0 aliphatic rings. The lowest BCUT2D eigenvalue weighted by atomic mass is 10.0. The number of carbonyl (C=O) groups is 1. The number of hydrogen-bond donors (Lipinski definition) is 0. The van der Waals surface area contributed by atoms with E-state index in [1.165, 1.54) is 43.3 Å². The van der Waals surface area contributed by atoms with Crippen LogP contribution in [-0.2, 0) is 28.3 Å². The van der Waals surface area contributed by atoms with Crippen LogP contribution in [0.25, 0.3) is 0 Å². The van der Waals surface area contributed by atoms with Gasteiger partial charge < -0.3 is 9.64 Å². The van der Waals surface area contributed by atoms with Crippen molar-refractivity contribution in [2.45, 2.75) is 24.8 Å². The van der Waals surface area contributed by atoms with Crippen molar-refractivity contribution < 1.29 is 40.3 Å². The van der Waals surface area contributed by atoms with Gasteiger partial charge in [-0.25, -0.2) is 4.39 Å². The number of alkyl halides is 6. The summed E-state index contributed by atoms with van der Waals surface area (Å²) >= 11 is 0. The second-order valence-electron chi connectivity index (χ2n) is 7.85. The summed E-state index contributed by atoms with van der Waals surface area (Å²) in [5, 5.41) is 0. The molecule has 0 aliphatic carbocycles. The standard InChI is InChI=1S/C23H25F7N2O2/c1-31(10-11-34-3)20(16-4-6-19(24)7-5-16)21(33)32(2)9-8-15-12-17(22(25,26)27)14-18(13-15)23(28,29)30/h4-7,12-14,20H,8-11H2,1-3H3. The van der Waals surface area contributed by atoms with Crippen LogP contribution < -0.4 is 0 Å². The lowest BCUT2D eigenvalue weighted by Gasteiger charge is -2.31. The molecule has 2 rings (SSSR count). The van der Waals surface area contributed by atoms with E-state index in [2.05, 4.69) is 0 Å². The number of benzene rings is 2. The van der Waals surface area contributed by atoms with Gasteiger partial charge in [0.2, 0.25) is 5.91 Å². The number of likely N-dealkylation sites (N-methyl/N-ethyl adjacent to an activating group) is 2. The first-order valence-corrected chi connectivity index (χ1v) is 10.2. The quantitative estimate of drug-likeness (QED) is 0.451. The molecule has 2 aromatic rings. The third kappa shape index (κ3) is 7.42. The van der Waals surface area contributed by atoms with Crippen molar-refractivity contribution in [2.24, 2.45) is 0 Å². The van der Waals surface area contributed by atoms with Crippen LogP contribution in [-0.4, -0.2) is 56.6 Å². The summed E-state index contributed by atoms with van der Waals surface area (Å²) in [6.45, 7) is 0.517. The van der Waals surface area contributed by atoms with Gasteiger partial charge in [0, 0.05) is 27.2 Å². The summed E-state index contributed by atoms with van der Waals surface area (Å²) in [6.07, 6.45) is -10.1. The highest BCUT2D eigenvalue weighted by molar-refractivity contribution is 5.83. The largest absolute Gasteiger partial charge is 0.416 e. The zero-order valence-electron chi connectivity index (χ0n) is 18.8. The van der Waals surface area contributed by atoms with Crippen LogP contribution in [0.5, 0.6) is 0 Å². The molecular formula is C23H25F7N2O2. The second kappa shape index (κ2) is 11.2. The van der Waals surface area contributed by atoms with Crippen molar-refractivity contribution in [3.05, 3.63) is 70.5 Å². The molecule has 1 atom stereocenters. The average molecular weight is 494 g/mol. The van der Waals surface area contributed by atoms with Crippen molar-refractivity contribution in [1.82, 2.24) is 9.80 Å². The highest BCUT2D eigenvalue weighted by atomic mass is 19.4. The van der Waals surface area contributed by atoms with Crippen LogP contribution in [0.15, 0.2) is 42.5 Å². The fraction of sp³-hybridized carbons (Fsp3) is 0.435. The molecule has 1 amide bonds. The maximum atomic E-state index is 13.4. The zero-order chi connectivity index (χ0) is 25.7. The van der Waals surface area contributed by atoms with E-state index in [1.807, 2.05) is 0 Å². The number of carbonyl (C=O) groups excluding carboxylic acids is 1. The first-order valence-electron chi connectivity index (χ1n) is 10.2. The summed E-state index contributed by atoms with van der Waals surface area (Å²) in [5.74, 6) is -0.943. The number of amides is 1. The maximum Gasteiger partial charge on any atom is 0.416 e. The predicted molar refractivity (Wildman–Crippen MR) is 111 cm³/mol. The van der Waals surface area contributed by atoms with Gasteiger partial charge in [-0.2, -0.15) is 26.3 Å². The van der Waals surface area contributed by atoms with Crippen LogP contribution >= 0.6 is 0 Å². The molecule has 0 saturated carbocycles. The number of rotatable bonds is 9. The molecule has 0 bridgehead atoms. The van der Waals surface area contributed by atoms with Gasteiger partial charge in [-0.3, -0.25) is 9.69 Å². The molecule has 0 aromatic heterocycles. The van der Waals surface area contributed by atoms with Gasteiger partial charge in [0.15, 0.2) is 0 Å². The maximum absolute atomic E-state index is 13.4. The third-order valence-electron chi connectivity index (χ3n) is 5.27. The Labute approximate surface area is 192 Å². The molecule has 0 N–H and O–H groups in total. The molecule has 34 heavy (non-hydrogen) atoms. The van der Waals surface area contributed by atoms with Crippen molar-refractivity contribution in [1.29, 1.82) is 0 Å². The van der Waals surface area contributed by atoms with Crippen molar-refractivity contribution in [3.63, 3.8) is 0 Å². The summed E-state index contributed by atoms with van der Waals surface area (Å²) in [6, 6.07) is 5.78.